The number of hydrogen-bond acceptors (Lipinski definition) is 6. The molecule has 1 aliphatic carbocycles. The maximum absolute atomic E-state index is 12.9. The summed E-state index contributed by atoms with van der Waals surface area (Å²) in [5.74, 6) is 0.515. The van der Waals surface area contributed by atoms with Crippen LogP contribution in [0.2, 0.25) is 0 Å². The van der Waals surface area contributed by atoms with Crippen molar-refractivity contribution in [2.45, 2.75) is 52.1 Å². The Hall–Kier alpha value is -2.76. The molecule has 1 N–H and O–H groups in total. The lowest BCUT2D eigenvalue weighted by Gasteiger charge is -2.34. The van der Waals surface area contributed by atoms with Crippen LogP contribution in [0.1, 0.15) is 51.5 Å². The highest BCUT2D eigenvalue weighted by molar-refractivity contribution is 6.03. The second-order valence-electron chi connectivity index (χ2n) is 7.33. The van der Waals surface area contributed by atoms with Gasteiger partial charge in [0.05, 0.1) is 11.7 Å². The van der Waals surface area contributed by atoms with Crippen LogP contribution in [0.15, 0.2) is 40.7 Å². The summed E-state index contributed by atoms with van der Waals surface area (Å²) < 4.78 is 16.4. The minimum atomic E-state index is -0.463. The fourth-order valence-corrected chi connectivity index (χ4v) is 3.96. The van der Waals surface area contributed by atoms with Gasteiger partial charge in [0.2, 0.25) is 6.79 Å². The zero-order valence-corrected chi connectivity index (χ0v) is 15.8. The summed E-state index contributed by atoms with van der Waals surface area (Å²) in [4.78, 5) is 25.7. The monoisotopic (exact) mass is 369 g/mol. The smallest absolute Gasteiger partial charge is 0.337 e. The number of allylic oxidation sites excluding steroid dienone is 3. The predicted molar refractivity (Wildman–Crippen MR) is 98.3 cm³/mol. The minimum absolute atomic E-state index is 0.0776. The highest BCUT2D eigenvalue weighted by Gasteiger charge is 2.39. The first-order valence-electron chi connectivity index (χ1n) is 9.30. The molecule has 6 nitrogen and oxygen atoms in total. The second kappa shape index (κ2) is 6.76. The van der Waals surface area contributed by atoms with Crippen LogP contribution in [0.25, 0.3) is 0 Å². The van der Waals surface area contributed by atoms with Crippen molar-refractivity contribution in [2.24, 2.45) is 0 Å². The quantitative estimate of drug-likeness (QED) is 0.824. The molecule has 4 rings (SSSR count). The first-order chi connectivity index (χ1) is 13.0. The van der Waals surface area contributed by atoms with Gasteiger partial charge in [-0.1, -0.05) is 6.07 Å². The molecule has 1 aromatic rings. The third kappa shape index (κ3) is 3.09. The molecule has 0 aromatic heterocycles. The van der Waals surface area contributed by atoms with E-state index in [2.05, 4.69) is 5.32 Å². The molecule has 142 valence electrons. The van der Waals surface area contributed by atoms with E-state index < -0.39 is 11.9 Å². The molecule has 2 heterocycles. The van der Waals surface area contributed by atoms with Gasteiger partial charge in [-0.15, -0.1) is 0 Å². The number of nitrogens with one attached hydrogen (secondary N) is 1. The molecule has 0 saturated carbocycles. The molecule has 0 fully saturated rings. The lowest BCUT2D eigenvalue weighted by molar-refractivity contribution is -0.143. The summed E-state index contributed by atoms with van der Waals surface area (Å²) >= 11 is 0. The van der Waals surface area contributed by atoms with Crippen molar-refractivity contribution >= 4 is 11.8 Å². The Bertz CT molecular complexity index is 881. The van der Waals surface area contributed by atoms with Gasteiger partial charge in [-0.25, -0.2) is 4.79 Å². The Balaban J connectivity index is 1.84. The first kappa shape index (κ1) is 17.6. The van der Waals surface area contributed by atoms with Gasteiger partial charge in [-0.2, -0.15) is 0 Å². The predicted octanol–water partition coefficient (Wildman–Crippen LogP) is 3.33. The van der Waals surface area contributed by atoms with Gasteiger partial charge in [0.25, 0.3) is 0 Å². The fourth-order valence-electron chi connectivity index (χ4n) is 3.96. The highest BCUT2D eigenvalue weighted by atomic mass is 16.7. The molecular weight excluding hydrogens is 346 g/mol. The maximum atomic E-state index is 12.9. The number of ketones is 1. The van der Waals surface area contributed by atoms with E-state index in [1.54, 1.807) is 0 Å². The first-order valence-corrected chi connectivity index (χ1v) is 9.30. The molecule has 1 aromatic carbocycles. The lowest BCUT2D eigenvalue weighted by Crippen LogP contribution is -2.34. The Labute approximate surface area is 158 Å². The van der Waals surface area contributed by atoms with E-state index in [-0.39, 0.29) is 18.7 Å². The van der Waals surface area contributed by atoms with Gasteiger partial charge in [0.15, 0.2) is 17.3 Å². The Morgan fingerprint density at radius 3 is 2.78 bits per heavy atom. The molecule has 6 heteroatoms. The molecule has 27 heavy (non-hydrogen) atoms. The Morgan fingerprint density at radius 1 is 1.22 bits per heavy atom. The van der Waals surface area contributed by atoms with Gasteiger partial charge >= 0.3 is 5.97 Å². The fraction of sp³-hybridized carbons (Fsp3) is 0.429. The molecule has 1 unspecified atom stereocenters. The van der Waals surface area contributed by atoms with E-state index in [1.807, 2.05) is 39.0 Å². The molecule has 0 saturated heterocycles. The van der Waals surface area contributed by atoms with E-state index in [1.165, 1.54) is 0 Å². The standard InChI is InChI=1S/C21H23NO5/c1-11(2)27-21(24)18-12(3)22-14-5-4-6-15(23)20(14)19(18)13-7-8-16-17(9-13)26-10-25-16/h7-9,11,19,22H,4-6,10H2,1-3H3. The van der Waals surface area contributed by atoms with Crippen LogP contribution in [0.3, 0.4) is 0 Å². The summed E-state index contributed by atoms with van der Waals surface area (Å²) in [5, 5.41) is 3.29. The molecule has 0 radical (unpaired) electrons. The van der Waals surface area contributed by atoms with Crippen LogP contribution in [-0.4, -0.2) is 24.6 Å². The van der Waals surface area contributed by atoms with Crippen molar-refractivity contribution in [1.82, 2.24) is 5.32 Å². The number of rotatable bonds is 3. The SMILES string of the molecule is CC1=C(C(=O)OC(C)C)C(c2ccc3c(c2)OCO3)C2=C(CCCC2=O)N1. The second-order valence-corrected chi connectivity index (χ2v) is 7.33. The minimum Gasteiger partial charge on any atom is -0.460 e. The van der Waals surface area contributed by atoms with E-state index in [4.69, 9.17) is 14.2 Å². The molecule has 0 bridgehead atoms. The van der Waals surface area contributed by atoms with Crippen LogP contribution >= 0.6 is 0 Å². The number of benzene rings is 1. The molecule has 0 amide bonds. The maximum Gasteiger partial charge on any atom is 0.337 e. The molecule has 1 atom stereocenters. The van der Waals surface area contributed by atoms with Crippen molar-refractivity contribution < 1.29 is 23.8 Å². The molecule has 2 aliphatic heterocycles. The number of carbonyl (C=O) groups is 2. The number of carbonyl (C=O) groups excluding carboxylic acids is 2. The molecule has 3 aliphatic rings. The van der Waals surface area contributed by atoms with Gasteiger partial charge in [0.1, 0.15) is 0 Å². The third-order valence-electron chi connectivity index (χ3n) is 5.07. The van der Waals surface area contributed by atoms with Crippen molar-refractivity contribution in [3.63, 3.8) is 0 Å². The van der Waals surface area contributed by atoms with Crippen LogP contribution in [-0.2, 0) is 14.3 Å². The number of ether oxygens (including phenoxy) is 3. The lowest BCUT2D eigenvalue weighted by atomic mass is 9.75. The Morgan fingerprint density at radius 2 is 2.00 bits per heavy atom. The zero-order valence-electron chi connectivity index (χ0n) is 15.8. The zero-order chi connectivity index (χ0) is 19.1. The number of Topliss-reactive ketones (excluding diaryl/α,β-unsaturated/α-hetero) is 1. The van der Waals surface area contributed by atoms with Crippen LogP contribution in [0, 0.1) is 0 Å². The van der Waals surface area contributed by atoms with E-state index in [0.717, 1.165) is 29.8 Å². The topological polar surface area (TPSA) is 73.9 Å². The van der Waals surface area contributed by atoms with Gasteiger partial charge < -0.3 is 19.5 Å². The largest absolute Gasteiger partial charge is 0.460 e. The van der Waals surface area contributed by atoms with Crippen molar-refractivity contribution in [3.8, 4) is 11.5 Å². The van der Waals surface area contributed by atoms with Gasteiger partial charge in [-0.05, 0) is 51.3 Å². The highest BCUT2D eigenvalue weighted by Crippen LogP contribution is 2.45. The number of dihydropyridines is 1. The summed E-state index contributed by atoms with van der Waals surface area (Å²) in [5.41, 5.74) is 3.63. The van der Waals surface area contributed by atoms with Gasteiger partial charge in [0, 0.05) is 29.3 Å². The van der Waals surface area contributed by atoms with Crippen LogP contribution in [0.4, 0.5) is 0 Å². The summed E-state index contributed by atoms with van der Waals surface area (Å²) in [6.07, 6.45) is 1.86. The summed E-state index contributed by atoms with van der Waals surface area (Å²) in [6.45, 7) is 5.67. The van der Waals surface area contributed by atoms with Gasteiger partial charge in [-0.3, -0.25) is 4.79 Å². The van der Waals surface area contributed by atoms with Crippen molar-refractivity contribution in [1.29, 1.82) is 0 Å². The van der Waals surface area contributed by atoms with Crippen molar-refractivity contribution in [2.75, 3.05) is 6.79 Å². The number of hydrogen-bond donors (Lipinski definition) is 1. The average molecular weight is 369 g/mol. The molecular formula is C21H23NO5. The van der Waals surface area contributed by atoms with E-state index in [0.29, 0.717) is 29.1 Å². The molecule has 0 spiro atoms. The van der Waals surface area contributed by atoms with E-state index >= 15 is 0 Å². The van der Waals surface area contributed by atoms with Crippen molar-refractivity contribution in [3.05, 3.63) is 46.3 Å². The van der Waals surface area contributed by atoms with Crippen LogP contribution in [0.5, 0.6) is 11.5 Å². The average Bonchev–Trinajstić information content (AvgIpc) is 3.07. The van der Waals surface area contributed by atoms with Crippen LogP contribution < -0.4 is 14.8 Å². The number of fused-ring (bicyclic) bond motifs is 1. The van der Waals surface area contributed by atoms with E-state index in [9.17, 15) is 9.59 Å². The third-order valence-corrected chi connectivity index (χ3v) is 5.07. The summed E-state index contributed by atoms with van der Waals surface area (Å²) in [7, 11) is 0. The summed E-state index contributed by atoms with van der Waals surface area (Å²) in [6, 6.07) is 5.58. The normalized spacial score (nSPS) is 21.3. The number of esters is 1. The Kier molecular flexibility index (Phi) is 4.42.